The van der Waals surface area contributed by atoms with E-state index in [0.717, 1.165) is 31.2 Å². The SMILES string of the molecule is O=C1CCCCC1Cc1ccc2ncccc2c1. The van der Waals surface area contributed by atoms with Gasteiger partial charge in [0.05, 0.1) is 5.52 Å². The van der Waals surface area contributed by atoms with Crippen molar-refractivity contribution in [2.75, 3.05) is 0 Å². The van der Waals surface area contributed by atoms with Crippen molar-refractivity contribution in [3.63, 3.8) is 0 Å². The summed E-state index contributed by atoms with van der Waals surface area (Å²) in [4.78, 5) is 16.2. The van der Waals surface area contributed by atoms with Gasteiger partial charge in [-0.3, -0.25) is 9.78 Å². The summed E-state index contributed by atoms with van der Waals surface area (Å²) in [5.41, 5.74) is 2.28. The third kappa shape index (κ3) is 2.28. The number of hydrogen-bond acceptors (Lipinski definition) is 2. The first kappa shape index (κ1) is 11.4. The number of aromatic nitrogens is 1. The predicted octanol–water partition coefficient (Wildman–Crippen LogP) is 3.54. The van der Waals surface area contributed by atoms with Crippen LogP contribution < -0.4 is 0 Å². The molecule has 1 unspecified atom stereocenters. The number of nitrogens with zero attached hydrogens (tertiary/aromatic N) is 1. The zero-order valence-corrected chi connectivity index (χ0v) is 10.4. The van der Waals surface area contributed by atoms with Crippen LogP contribution in [-0.4, -0.2) is 10.8 Å². The van der Waals surface area contributed by atoms with E-state index in [1.807, 2.05) is 12.3 Å². The van der Waals surface area contributed by atoms with Gasteiger partial charge in [-0.1, -0.05) is 18.6 Å². The van der Waals surface area contributed by atoms with Crippen LogP contribution in [-0.2, 0) is 11.2 Å². The van der Waals surface area contributed by atoms with E-state index in [0.29, 0.717) is 5.78 Å². The van der Waals surface area contributed by atoms with Crippen molar-refractivity contribution in [1.29, 1.82) is 0 Å². The number of benzene rings is 1. The second-order valence-corrected chi connectivity index (χ2v) is 5.14. The van der Waals surface area contributed by atoms with Crippen LogP contribution in [0.4, 0.5) is 0 Å². The van der Waals surface area contributed by atoms with Crippen molar-refractivity contribution >= 4 is 16.7 Å². The van der Waals surface area contributed by atoms with Crippen molar-refractivity contribution in [2.45, 2.75) is 32.1 Å². The van der Waals surface area contributed by atoms with E-state index in [4.69, 9.17) is 0 Å². The van der Waals surface area contributed by atoms with Crippen LogP contribution in [0.1, 0.15) is 31.2 Å². The molecular weight excluding hydrogens is 222 g/mol. The average molecular weight is 239 g/mol. The summed E-state index contributed by atoms with van der Waals surface area (Å²) >= 11 is 0. The maximum atomic E-state index is 11.8. The molecule has 0 amide bonds. The Labute approximate surface area is 107 Å². The number of hydrogen-bond donors (Lipinski definition) is 0. The molecule has 2 heteroatoms. The quantitative estimate of drug-likeness (QED) is 0.802. The highest BCUT2D eigenvalue weighted by Gasteiger charge is 2.22. The summed E-state index contributed by atoms with van der Waals surface area (Å²) < 4.78 is 0. The molecule has 1 heterocycles. The Morgan fingerprint density at radius 2 is 2.17 bits per heavy atom. The van der Waals surface area contributed by atoms with E-state index in [1.54, 1.807) is 0 Å². The van der Waals surface area contributed by atoms with E-state index < -0.39 is 0 Å². The average Bonchev–Trinajstić information content (AvgIpc) is 2.41. The number of pyridine rings is 1. The fraction of sp³-hybridized carbons (Fsp3) is 0.375. The van der Waals surface area contributed by atoms with Gasteiger partial charge in [-0.25, -0.2) is 0 Å². The summed E-state index contributed by atoms with van der Waals surface area (Å²) in [6.07, 6.45) is 6.82. The molecule has 1 aromatic carbocycles. The zero-order valence-electron chi connectivity index (χ0n) is 10.4. The van der Waals surface area contributed by atoms with E-state index in [1.165, 1.54) is 17.4 Å². The number of carbonyl (C=O) groups is 1. The van der Waals surface area contributed by atoms with Gasteiger partial charge in [0.25, 0.3) is 0 Å². The third-order valence-electron chi connectivity index (χ3n) is 3.83. The second-order valence-electron chi connectivity index (χ2n) is 5.14. The van der Waals surface area contributed by atoms with Gasteiger partial charge in [-0.2, -0.15) is 0 Å². The minimum absolute atomic E-state index is 0.243. The molecule has 0 saturated heterocycles. The Bertz CT molecular complexity index is 576. The van der Waals surface area contributed by atoms with Crippen molar-refractivity contribution in [1.82, 2.24) is 4.98 Å². The van der Waals surface area contributed by atoms with Crippen LogP contribution in [0.15, 0.2) is 36.5 Å². The number of Topliss-reactive ketones (excluding diaryl/α,β-unsaturated/α-hetero) is 1. The van der Waals surface area contributed by atoms with Crippen molar-refractivity contribution in [3.05, 3.63) is 42.1 Å². The fourth-order valence-electron chi connectivity index (χ4n) is 2.81. The summed E-state index contributed by atoms with van der Waals surface area (Å²) in [6, 6.07) is 10.4. The summed E-state index contributed by atoms with van der Waals surface area (Å²) in [7, 11) is 0. The first-order chi connectivity index (χ1) is 8.83. The van der Waals surface area contributed by atoms with Gasteiger partial charge in [-0.15, -0.1) is 0 Å². The molecule has 1 aromatic heterocycles. The highest BCUT2D eigenvalue weighted by Crippen LogP contribution is 2.25. The van der Waals surface area contributed by atoms with Gasteiger partial charge in [-0.05, 0) is 43.0 Å². The Morgan fingerprint density at radius 1 is 1.22 bits per heavy atom. The lowest BCUT2D eigenvalue weighted by Gasteiger charge is -2.20. The van der Waals surface area contributed by atoms with Gasteiger partial charge >= 0.3 is 0 Å². The van der Waals surface area contributed by atoms with E-state index in [9.17, 15) is 4.79 Å². The smallest absolute Gasteiger partial charge is 0.136 e. The number of fused-ring (bicyclic) bond motifs is 1. The highest BCUT2D eigenvalue weighted by molar-refractivity contribution is 5.82. The molecule has 0 aliphatic heterocycles. The monoisotopic (exact) mass is 239 g/mol. The van der Waals surface area contributed by atoms with Gasteiger partial charge in [0.2, 0.25) is 0 Å². The van der Waals surface area contributed by atoms with Gasteiger partial charge in [0.15, 0.2) is 0 Å². The molecule has 1 atom stereocenters. The Kier molecular flexibility index (Phi) is 3.09. The molecule has 92 valence electrons. The molecule has 1 saturated carbocycles. The first-order valence-electron chi connectivity index (χ1n) is 6.69. The minimum atomic E-state index is 0.243. The predicted molar refractivity (Wildman–Crippen MR) is 72.4 cm³/mol. The molecule has 0 radical (unpaired) electrons. The topological polar surface area (TPSA) is 30.0 Å². The van der Waals surface area contributed by atoms with Gasteiger partial charge in [0.1, 0.15) is 5.78 Å². The number of ketones is 1. The lowest BCUT2D eigenvalue weighted by Crippen LogP contribution is -2.20. The molecule has 1 fully saturated rings. The first-order valence-corrected chi connectivity index (χ1v) is 6.69. The normalized spacial score (nSPS) is 20.2. The van der Waals surface area contributed by atoms with Crippen LogP contribution in [0.5, 0.6) is 0 Å². The molecular formula is C16H17NO. The minimum Gasteiger partial charge on any atom is -0.299 e. The molecule has 0 bridgehead atoms. The largest absolute Gasteiger partial charge is 0.299 e. The summed E-state index contributed by atoms with van der Waals surface area (Å²) in [6.45, 7) is 0. The third-order valence-corrected chi connectivity index (χ3v) is 3.83. The molecule has 18 heavy (non-hydrogen) atoms. The fourth-order valence-corrected chi connectivity index (χ4v) is 2.81. The molecule has 0 N–H and O–H groups in total. The Hall–Kier alpha value is -1.70. The molecule has 2 nitrogen and oxygen atoms in total. The lowest BCUT2D eigenvalue weighted by molar-refractivity contribution is -0.124. The maximum absolute atomic E-state index is 11.8. The van der Waals surface area contributed by atoms with Crippen LogP contribution in [0.2, 0.25) is 0 Å². The lowest BCUT2D eigenvalue weighted by atomic mass is 9.83. The number of rotatable bonds is 2. The maximum Gasteiger partial charge on any atom is 0.136 e. The van der Waals surface area contributed by atoms with Crippen LogP contribution in [0, 0.1) is 5.92 Å². The second kappa shape index (κ2) is 4.89. The summed E-state index contributed by atoms with van der Waals surface area (Å²) in [5, 5.41) is 1.17. The zero-order chi connectivity index (χ0) is 12.4. The van der Waals surface area contributed by atoms with E-state index in [2.05, 4.69) is 29.2 Å². The van der Waals surface area contributed by atoms with Gasteiger partial charge < -0.3 is 0 Å². The van der Waals surface area contributed by atoms with E-state index >= 15 is 0 Å². The molecule has 2 aromatic rings. The Balaban J connectivity index is 1.83. The van der Waals surface area contributed by atoms with Crippen molar-refractivity contribution in [2.24, 2.45) is 5.92 Å². The Morgan fingerprint density at radius 3 is 3.06 bits per heavy atom. The molecule has 1 aliphatic carbocycles. The molecule has 3 rings (SSSR count). The van der Waals surface area contributed by atoms with Crippen molar-refractivity contribution < 1.29 is 4.79 Å². The molecule has 0 spiro atoms. The number of carbonyl (C=O) groups excluding carboxylic acids is 1. The standard InChI is InChI=1S/C16H17NO/c18-16-6-2-1-4-14(16)11-12-7-8-15-13(10-12)5-3-9-17-15/h3,5,7-10,14H,1-2,4,6,11H2. The molecule has 1 aliphatic rings. The summed E-state index contributed by atoms with van der Waals surface area (Å²) in [5.74, 6) is 0.695. The van der Waals surface area contributed by atoms with Gasteiger partial charge in [0, 0.05) is 23.9 Å². The highest BCUT2D eigenvalue weighted by atomic mass is 16.1. The van der Waals surface area contributed by atoms with E-state index in [-0.39, 0.29) is 5.92 Å². The van der Waals surface area contributed by atoms with Crippen LogP contribution in [0.3, 0.4) is 0 Å². The van der Waals surface area contributed by atoms with Crippen LogP contribution in [0.25, 0.3) is 10.9 Å². The van der Waals surface area contributed by atoms with Crippen molar-refractivity contribution in [3.8, 4) is 0 Å². The van der Waals surface area contributed by atoms with Crippen LogP contribution >= 0.6 is 0 Å².